The quantitative estimate of drug-likeness (QED) is 0.862. The summed E-state index contributed by atoms with van der Waals surface area (Å²) in [5.74, 6) is -0.256. The van der Waals surface area contributed by atoms with Crippen molar-refractivity contribution in [1.82, 2.24) is 10.3 Å². The van der Waals surface area contributed by atoms with Crippen molar-refractivity contribution in [1.29, 1.82) is 0 Å². The van der Waals surface area contributed by atoms with E-state index in [1.165, 1.54) is 0 Å². The number of para-hydroxylation sites is 2. The number of aliphatic carboxylic acids is 1. The molecule has 1 aliphatic carbocycles. The number of carboxylic acids is 1. The van der Waals surface area contributed by atoms with Crippen molar-refractivity contribution in [3.8, 4) is 0 Å². The van der Waals surface area contributed by atoms with Crippen molar-refractivity contribution >= 4 is 17.1 Å². The molecule has 1 heterocycles. The van der Waals surface area contributed by atoms with E-state index in [9.17, 15) is 9.90 Å². The van der Waals surface area contributed by atoms with Crippen LogP contribution in [0.1, 0.15) is 25.2 Å². The summed E-state index contributed by atoms with van der Waals surface area (Å²) in [6.45, 7) is 0.348. The van der Waals surface area contributed by atoms with Gasteiger partial charge < -0.3 is 9.52 Å². The maximum absolute atomic E-state index is 11.2. The monoisotopic (exact) mass is 246 g/mol. The van der Waals surface area contributed by atoms with Crippen LogP contribution in [-0.4, -0.2) is 21.6 Å². The first-order valence-corrected chi connectivity index (χ1v) is 6.02. The molecule has 94 valence electrons. The van der Waals surface area contributed by atoms with E-state index in [1.54, 1.807) is 0 Å². The topological polar surface area (TPSA) is 75.4 Å². The van der Waals surface area contributed by atoms with Gasteiger partial charge in [-0.3, -0.25) is 10.1 Å². The Morgan fingerprint density at radius 2 is 2.22 bits per heavy atom. The second-order valence-corrected chi connectivity index (χ2v) is 4.67. The van der Waals surface area contributed by atoms with Gasteiger partial charge in [-0.15, -0.1) is 0 Å². The minimum atomic E-state index is -0.787. The minimum absolute atomic E-state index is 0.348. The zero-order valence-corrected chi connectivity index (χ0v) is 9.85. The van der Waals surface area contributed by atoms with Crippen LogP contribution in [0.4, 0.5) is 0 Å². The zero-order chi connectivity index (χ0) is 12.6. The highest BCUT2D eigenvalue weighted by Gasteiger charge is 2.44. The molecule has 5 heteroatoms. The fraction of sp³-hybridized carbons (Fsp3) is 0.385. The normalized spacial score (nSPS) is 17.6. The first-order valence-electron chi connectivity index (χ1n) is 6.02. The van der Waals surface area contributed by atoms with E-state index in [2.05, 4.69) is 10.3 Å². The maximum Gasteiger partial charge on any atom is 0.323 e. The number of aromatic nitrogens is 1. The van der Waals surface area contributed by atoms with Crippen LogP contribution >= 0.6 is 0 Å². The fourth-order valence-electron chi connectivity index (χ4n) is 2.24. The Morgan fingerprint density at radius 1 is 1.44 bits per heavy atom. The smallest absolute Gasteiger partial charge is 0.323 e. The van der Waals surface area contributed by atoms with Gasteiger partial charge in [-0.05, 0) is 31.4 Å². The summed E-state index contributed by atoms with van der Waals surface area (Å²) in [7, 11) is 0. The molecule has 0 atom stereocenters. The summed E-state index contributed by atoms with van der Waals surface area (Å²) >= 11 is 0. The molecule has 2 N–H and O–H groups in total. The second kappa shape index (κ2) is 4.10. The van der Waals surface area contributed by atoms with Gasteiger partial charge >= 0.3 is 5.97 Å². The number of nitrogens with zero attached hydrogens (tertiary/aromatic N) is 1. The first-order chi connectivity index (χ1) is 8.70. The predicted octanol–water partition coefficient (Wildman–Crippen LogP) is 1.92. The molecule has 0 unspecified atom stereocenters. The van der Waals surface area contributed by atoms with E-state index in [1.807, 2.05) is 24.3 Å². The maximum atomic E-state index is 11.2. The van der Waals surface area contributed by atoms with E-state index in [-0.39, 0.29) is 0 Å². The highest BCUT2D eigenvalue weighted by molar-refractivity contribution is 5.80. The third-order valence-electron chi connectivity index (χ3n) is 3.53. The molecule has 18 heavy (non-hydrogen) atoms. The van der Waals surface area contributed by atoms with Crippen molar-refractivity contribution in [2.75, 3.05) is 0 Å². The van der Waals surface area contributed by atoms with Crippen molar-refractivity contribution in [3.05, 3.63) is 30.2 Å². The molecule has 2 aromatic rings. The summed E-state index contributed by atoms with van der Waals surface area (Å²) in [6, 6.07) is 7.50. The molecule has 3 rings (SSSR count). The van der Waals surface area contributed by atoms with Crippen molar-refractivity contribution in [2.45, 2.75) is 31.3 Å². The Hall–Kier alpha value is -1.88. The molecule has 1 aromatic heterocycles. The molecular formula is C13H14N2O3. The first kappa shape index (κ1) is 11.2. The molecule has 1 aliphatic rings. The highest BCUT2D eigenvalue weighted by Crippen LogP contribution is 2.32. The number of benzene rings is 1. The van der Waals surface area contributed by atoms with Crippen LogP contribution in [-0.2, 0) is 11.3 Å². The third kappa shape index (κ3) is 1.76. The summed E-state index contributed by atoms with van der Waals surface area (Å²) in [4.78, 5) is 15.5. The number of carbonyl (C=O) groups is 1. The zero-order valence-electron chi connectivity index (χ0n) is 9.85. The van der Waals surface area contributed by atoms with Crippen molar-refractivity contribution in [2.24, 2.45) is 0 Å². The SMILES string of the molecule is O=C(O)C1(NCc2nc3ccccc3o2)CCC1. The number of carboxylic acid groups (broad SMARTS) is 1. The molecule has 0 amide bonds. The summed E-state index contributed by atoms with van der Waals surface area (Å²) in [5.41, 5.74) is 0.750. The molecule has 0 radical (unpaired) electrons. The van der Waals surface area contributed by atoms with Gasteiger partial charge in [0.2, 0.25) is 5.89 Å². The largest absolute Gasteiger partial charge is 0.480 e. The number of hydrogen-bond donors (Lipinski definition) is 2. The Balaban J connectivity index is 1.75. The third-order valence-corrected chi connectivity index (χ3v) is 3.53. The van der Waals surface area contributed by atoms with Crippen molar-refractivity contribution in [3.63, 3.8) is 0 Å². The molecule has 0 spiro atoms. The van der Waals surface area contributed by atoms with Gasteiger partial charge in [0.05, 0.1) is 6.54 Å². The number of rotatable bonds is 4. The van der Waals surface area contributed by atoms with Crippen LogP contribution in [0.25, 0.3) is 11.1 Å². The van der Waals surface area contributed by atoms with Crippen LogP contribution in [0.2, 0.25) is 0 Å². The number of hydrogen-bond acceptors (Lipinski definition) is 4. The standard InChI is InChI=1S/C13H14N2O3/c16-12(17)13(6-3-7-13)14-8-11-15-9-4-1-2-5-10(9)18-11/h1-2,4-5,14H,3,6-8H2,(H,16,17). The van der Waals surface area contributed by atoms with Crippen LogP contribution in [0, 0.1) is 0 Å². The van der Waals surface area contributed by atoms with Gasteiger partial charge in [-0.25, -0.2) is 4.98 Å². The highest BCUT2D eigenvalue weighted by atomic mass is 16.4. The molecular weight excluding hydrogens is 232 g/mol. The molecule has 1 saturated carbocycles. The average Bonchev–Trinajstić information content (AvgIpc) is 2.69. The lowest BCUT2D eigenvalue weighted by molar-refractivity contribution is -0.149. The van der Waals surface area contributed by atoms with Crippen LogP contribution < -0.4 is 5.32 Å². The van der Waals surface area contributed by atoms with Crippen molar-refractivity contribution < 1.29 is 14.3 Å². The molecule has 0 saturated heterocycles. The second-order valence-electron chi connectivity index (χ2n) is 4.67. The van der Waals surface area contributed by atoms with E-state index < -0.39 is 11.5 Å². The lowest BCUT2D eigenvalue weighted by Crippen LogP contribution is -2.56. The van der Waals surface area contributed by atoms with E-state index in [0.717, 1.165) is 17.5 Å². The number of fused-ring (bicyclic) bond motifs is 1. The minimum Gasteiger partial charge on any atom is -0.480 e. The van der Waals surface area contributed by atoms with Gasteiger partial charge in [0.15, 0.2) is 5.58 Å². The van der Waals surface area contributed by atoms with Crippen LogP contribution in [0.15, 0.2) is 28.7 Å². The molecule has 0 aliphatic heterocycles. The average molecular weight is 246 g/mol. The van der Waals surface area contributed by atoms with Crippen LogP contribution in [0.3, 0.4) is 0 Å². The molecule has 5 nitrogen and oxygen atoms in total. The predicted molar refractivity (Wildman–Crippen MR) is 65.1 cm³/mol. The molecule has 0 bridgehead atoms. The molecule has 1 aromatic carbocycles. The fourth-order valence-corrected chi connectivity index (χ4v) is 2.24. The van der Waals surface area contributed by atoms with Crippen LogP contribution in [0.5, 0.6) is 0 Å². The molecule has 1 fully saturated rings. The Bertz CT molecular complexity index is 554. The Labute approximate surface area is 104 Å². The van der Waals surface area contributed by atoms with Gasteiger partial charge in [-0.1, -0.05) is 12.1 Å². The Morgan fingerprint density at radius 3 is 2.83 bits per heavy atom. The van der Waals surface area contributed by atoms with Gasteiger partial charge in [0, 0.05) is 0 Å². The van der Waals surface area contributed by atoms with E-state index in [4.69, 9.17) is 4.42 Å². The van der Waals surface area contributed by atoms with Gasteiger partial charge in [0.25, 0.3) is 0 Å². The lowest BCUT2D eigenvalue weighted by Gasteiger charge is -2.38. The van der Waals surface area contributed by atoms with E-state index in [0.29, 0.717) is 25.3 Å². The Kier molecular flexibility index (Phi) is 2.56. The summed E-state index contributed by atoms with van der Waals surface area (Å²) < 4.78 is 5.55. The summed E-state index contributed by atoms with van der Waals surface area (Å²) in [6.07, 6.45) is 2.29. The number of nitrogens with one attached hydrogen (secondary N) is 1. The van der Waals surface area contributed by atoms with E-state index >= 15 is 0 Å². The lowest BCUT2D eigenvalue weighted by atomic mass is 9.77. The van der Waals surface area contributed by atoms with Gasteiger partial charge in [0.1, 0.15) is 11.1 Å². The number of oxazole rings is 1. The van der Waals surface area contributed by atoms with Gasteiger partial charge in [-0.2, -0.15) is 0 Å². The summed E-state index contributed by atoms with van der Waals surface area (Å²) in [5, 5.41) is 12.2.